The summed E-state index contributed by atoms with van der Waals surface area (Å²) < 4.78 is 29.9. The molecule has 3 aromatic carbocycles. The maximum atomic E-state index is 13.2. The van der Waals surface area contributed by atoms with Crippen molar-refractivity contribution in [1.82, 2.24) is 4.90 Å². The van der Waals surface area contributed by atoms with Crippen molar-refractivity contribution < 1.29 is 23.4 Å². The lowest BCUT2D eigenvalue weighted by Crippen LogP contribution is -2.46. The summed E-state index contributed by atoms with van der Waals surface area (Å²) in [6.07, 6.45) is 1.28. The van der Waals surface area contributed by atoms with Gasteiger partial charge in [-0.05, 0) is 60.7 Å². The van der Waals surface area contributed by atoms with Gasteiger partial charge in [0.1, 0.15) is 34.9 Å². The number of aromatic hydroxyl groups is 1. The molecule has 0 aliphatic carbocycles. The minimum absolute atomic E-state index is 0.0622. The van der Waals surface area contributed by atoms with Crippen LogP contribution < -0.4 is 19.8 Å². The van der Waals surface area contributed by atoms with E-state index in [0.717, 1.165) is 31.9 Å². The SMILES string of the molecule is COc1ccc(Oc2coc3c(CN4CCN(c5ccc(F)cc5)CC4)c(O)ccc3c2=O)cc1. The monoisotopic (exact) mass is 476 g/mol. The maximum absolute atomic E-state index is 13.2. The number of ether oxygens (including phenoxy) is 2. The van der Waals surface area contributed by atoms with Crippen LogP contribution in [0.5, 0.6) is 23.0 Å². The highest BCUT2D eigenvalue weighted by atomic mass is 19.1. The molecule has 5 rings (SSSR count). The van der Waals surface area contributed by atoms with Gasteiger partial charge in [-0.15, -0.1) is 0 Å². The van der Waals surface area contributed by atoms with Crippen molar-refractivity contribution in [1.29, 1.82) is 0 Å². The number of methoxy groups -OCH3 is 1. The van der Waals surface area contributed by atoms with Gasteiger partial charge in [0, 0.05) is 38.4 Å². The fourth-order valence-corrected chi connectivity index (χ4v) is 4.26. The van der Waals surface area contributed by atoms with E-state index in [2.05, 4.69) is 9.80 Å². The van der Waals surface area contributed by atoms with E-state index < -0.39 is 0 Å². The highest BCUT2D eigenvalue weighted by Crippen LogP contribution is 2.30. The number of fused-ring (bicyclic) bond motifs is 1. The molecule has 0 atom stereocenters. The van der Waals surface area contributed by atoms with E-state index in [1.165, 1.54) is 24.5 Å². The third-order valence-corrected chi connectivity index (χ3v) is 6.22. The summed E-state index contributed by atoms with van der Waals surface area (Å²) in [4.78, 5) is 17.5. The van der Waals surface area contributed by atoms with Crippen LogP contribution in [0.4, 0.5) is 10.1 Å². The van der Waals surface area contributed by atoms with Crippen molar-refractivity contribution in [3.8, 4) is 23.0 Å². The van der Waals surface area contributed by atoms with E-state index in [0.29, 0.717) is 34.6 Å². The summed E-state index contributed by atoms with van der Waals surface area (Å²) in [6.45, 7) is 3.45. The first-order valence-electron chi connectivity index (χ1n) is 11.3. The molecular weight excluding hydrogens is 451 g/mol. The van der Waals surface area contributed by atoms with Crippen LogP contribution in [0.3, 0.4) is 0 Å². The van der Waals surface area contributed by atoms with Crippen LogP contribution in [-0.2, 0) is 6.54 Å². The van der Waals surface area contributed by atoms with Crippen LogP contribution in [-0.4, -0.2) is 43.3 Å². The fraction of sp³-hybridized carbons (Fsp3) is 0.222. The number of halogens is 1. The van der Waals surface area contributed by atoms with Gasteiger partial charge in [-0.2, -0.15) is 0 Å². The molecule has 0 radical (unpaired) electrons. The summed E-state index contributed by atoms with van der Waals surface area (Å²) >= 11 is 0. The van der Waals surface area contributed by atoms with Gasteiger partial charge in [0.15, 0.2) is 0 Å². The summed E-state index contributed by atoms with van der Waals surface area (Å²) in [6, 6.07) is 16.4. The molecule has 0 spiro atoms. The molecule has 2 heterocycles. The van der Waals surface area contributed by atoms with Crippen molar-refractivity contribution in [3.63, 3.8) is 0 Å². The summed E-state index contributed by atoms with van der Waals surface area (Å²) in [5, 5.41) is 10.9. The third kappa shape index (κ3) is 4.79. The lowest BCUT2D eigenvalue weighted by Gasteiger charge is -2.36. The van der Waals surface area contributed by atoms with Gasteiger partial charge >= 0.3 is 0 Å². The third-order valence-electron chi connectivity index (χ3n) is 6.22. The van der Waals surface area contributed by atoms with Gasteiger partial charge in [-0.1, -0.05) is 0 Å². The topological polar surface area (TPSA) is 75.4 Å². The minimum atomic E-state index is -0.315. The quantitative estimate of drug-likeness (QED) is 0.430. The molecule has 1 saturated heterocycles. The molecule has 4 aromatic rings. The molecule has 0 unspecified atom stereocenters. The van der Waals surface area contributed by atoms with Crippen LogP contribution in [0.25, 0.3) is 11.0 Å². The number of anilines is 1. The molecule has 1 aromatic heterocycles. The van der Waals surface area contributed by atoms with E-state index in [1.807, 2.05) is 0 Å². The zero-order valence-corrected chi connectivity index (χ0v) is 19.2. The van der Waals surface area contributed by atoms with E-state index in [9.17, 15) is 14.3 Å². The Morgan fingerprint density at radius 1 is 0.943 bits per heavy atom. The molecule has 180 valence electrons. The highest BCUT2D eigenvalue weighted by Gasteiger charge is 2.21. The average molecular weight is 477 g/mol. The Hall–Kier alpha value is -4.04. The van der Waals surface area contributed by atoms with Crippen molar-refractivity contribution in [2.24, 2.45) is 0 Å². The van der Waals surface area contributed by atoms with Crippen molar-refractivity contribution >= 4 is 16.7 Å². The maximum Gasteiger partial charge on any atom is 0.235 e. The summed E-state index contributed by atoms with van der Waals surface area (Å²) in [5.74, 6) is 1.05. The van der Waals surface area contributed by atoms with Crippen LogP contribution >= 0.6 is 0 Å². The van der Waals surface area contributed by atoms with E-state index in [-0.39, 0.29) is 22.7 Å². The van der Waals surface area contributed by atoms with Crippen LogP contribution in [0.1, 0.15) is 5.56 Å². The molecule has 1 fully saturated rings. The Balaban J connectivity index is 1.33. The van der Waals surface area contributed by atoms with Crippen molar-refractivity contribution in [2.75, 3.05) is 38.2 Å². The molecule has 7 nitrogen and oxygen atoms in total. The molecule has 1 aliphatic rings. The normalized spacial score (nSPS) is 14.3. The van der Waals surface area contributed by atoms with Crippen LogP contribution in [0.2, 0.25) is 0 Å². The van der Waals surface area contributed by atoms with Crippen molar-refractivity contribution in [3.05, 3.63) is 88.5 Å². The number of hydrogen-bond acceptors (Lipinski definition) is 7. The standard InChI is InChI=1S/C27H25FN2O5/c1-33-20-6-8-21(9-7-20)35-25-17-34-27-22(26(25)32)10-11-24(31)23(27)16-29-12-14-30(15-13-29)19-4-2-18(28)3-5-19/h2-11,17,31H,12-16H2,1H3. The first kappa shape index (κ1) is 22.7. The number of benzene rings is 3. The first-order valence-corrected chi connectivity index (χ1v) is 11.3. The van der Waals surface area contributed by atoms with Crippen LogP contribution in [0.15, 0.2) is 76.1 Å². The fourth-order valence-electron chi connectivity index (χ4n) is 4.26. The number of nitrogens with zero attached hydrogens (tertiary/aromatic N) is 2. The number of phenols is 1. The molecule has 8 heteroatoms. The molecule has 0 bridgehead atoms. The second kappa shape index (κ2) is 9.68. The smallest absolute Gasteiger partial charge is 0.235 e. The second-order valence-electron chi connectivity index (χ2n) is 8.39. The second-order valence-corrected chi connectivity index (χ2v) is 8.39. The predicted octanol–water partition coefficient (Wildman–Crippen LogP) is 4.76. The molecule has 35 heavy (non-hydrogen) atoms. The van der Waals surface area contributed by atoms with Gasteiger partial charge in [0.25, 0.3) is 0 Å². The Morgan fingerprint density at radius 2 is 1.63 bits per heavy atom. The molecule has 0 amide bonds. The van der Waals surface area contributed by atoms with Gasteiger partial charge in [0.2, 0.25) is 11.2 Å². The molecule has 1 aliphatic heterocycles. The van der Waals surface area contributed by atoms with Gasteiger partial charge in [-0.3, -0.25) is 9.69 Å². The largest absolute Gasteiger partial charge is 0.507 e. The van der Waals surface area contributed by atoms with Gasteiger partial charge in [0.05, 0.1) is 18.1 Å². The lowest BCUT2D eigenvalue weighted by molar-refractivity contribution is 0.246. The van der Waals surface area contributed by atoms with Gasteiger partial charge in [-0.25, -0.2) is 4.39 Å². The minimum Gasteiger partial charge on any atom is -0.507 e. The average Bonchev–Trinajstić information content (AvgIpc) is 2.89. The predicted molar refractivity (Wildman–Crippen MR) is 131 cm³/mol. The lowest BCUT2D eigenvalue weighted by atomic mass is 10.1. The zero-order valence-electron chi connectivity index (χ0n) is 19.2. The zero-order chi connectivity index (χ0) is 24.4. The molecular formula is C27H25FN2O5. The Kier molecular flexibility index (Phi) is 6.29. The van der Waals surface area contributed by atoms with E-state index >= 15 is 0 Å². The summed E-state index contributed by atoms with van der Waals surface area (Å²) in [5.41, 5.74) is 1.57. The number of phenolic OH excluding ortho intramolecular Hbond substituents is 1. The Morgan fingerprint density at radius 3 is 2.31 bits per heavy atom. The highest BCUT2D eigenvalue weighted by molar-refractivity contribution is 5.83. The molecule has 1 N–H and O–H groups in total. The number of piperazine rings is 1. The van der Waals surface area contributed by atoms with Crippen molar-refractivity contribution in [2.45, 2.75) is 6.54 Å². The number of rotatable bonds is 6. The van der Waals surface area contributed by atoms with E-state index in [4.69, 9.17) is 13.9 Å². The number of hydrogen-bond donors (Lipinski definition) is 1. The molecule has 0 saturated carbocycles. The Labute approximate surface area is 201 Å². The first-order chi connectivity index (χ1) is 17.0. The van der Waals surface area contributed by atoms with E-state index in [1.54, 1.807) is 49.6 Å². The Bertz CT molecular complexity index is 1380. The summed E-state index contributed by atoms with van der Waals surface area (Å²) in [7, 11) is 1.58. The van der Waals surface area contributed by atoms with Crippen LogP contribution in [0, 0.1) is 5.82 Å². The van der Waals surface area contributed by atoms with Gasteiger partial charge < -0.3 is 23.9 Å².